The third-order valence-corrected chi connectivity index (χ3v) is 4.44. The van der Waals surface area contributed by atoms with Gasteiger partial charge in [0.05, 0.1) is 14.2 Å². The van der Waals surface area contributed by atoms with E-state index in [0.29, 0.717) is 11.8 Å². The van der Waals surface area contributed by atoms with Gasteiger partial charge in [-0.05, 0) is 47.0 Å². The lowest BCUT2D eigenvalue weighted by Gasteiger charge is -2.09. The van der Waals surface area contributed by atoms with Gasteiger partial charge in [-0.2, -0.15) is 0 Å². The molecule has 2 aromatic carbocycles. The van der Waals surface area contributed by atoms with Crippen molar-refractivity contribution in [2.24, 2.45) is 0 Å². The molecule has 22 heavy (non-hydrogen) atoms. The summed E-state index contributed by atoms with van der Waals surface area (Å²) >= 11 is 0. The molecule has 1 fully saturated rings. The fourth-order valence-electron chi connectivity index (χ4n) is 3.00. The summed E-state index contributed by atoms with van der Waals surface area (Å²) in [5.74, 6) is 2.73. The average Bonchev–Trinajstić information content (AvgIpc) is 3.35. The monoisotopic (exact) mass is 296 g/mol. The molecular weight excluding hydrogens is 275 g/mol. The molecule has 1 N–H and O–H groups in total. The Morgan fingerprint density at radius 2 is 1.45 bits per heavy atom. The van der Waals surface area contributed by atoms with E-state index in [1.54, 1.807) is 21.0 Å². The molecule has 0 heterocycles. The van der Waals surface area contributed by atoms with Gasteiger partial charge in [0.2, 0.25) is 0 Å². The molecule has 1 aliphatic carbocycles. The molecule has 0 radical (unpaired) electrons. The minimum atomic E-state index is -0.410. The van der Waals surface area contributed by atoms with Gasteiger partial charge in [0, 0.05) is 6.07 Å². The molecule has 3 nitrogen and oxygen atoms in total. The van der Waals surface area contributed by atoms with Crippen LogP contribution in [0.25, 0.3) is 0 Å². The zero-order valence-corrected chi connectivity index (χ0v) is 13.2. The Balaban J connectivity index is 1.79. The molecule has 2 aromatic rings. The van der Waals surface area contributed by atoms with E-state index in [1.165, 1.54) is 11.1 Å². The molecule has 3 rings (SSSR count). The van der Waals surface area contributed by atoms with Crippen LogP contribution in [0.15, 0.2) is 42.5 Å². The van der Waals surface area contributed by atoms with Gasteiger partial charge in [-0.25, -0.2) is 0 Å². The van der Waals surface area contributed by atoms with E-state index in [9.17, 15) is 5.02 Å². The quantitative estimate of drug-likeness (QED) is 0.862. The zero-order chi connectivity index (χ0) is 15.7. The van der Waals surface area contributed by atoms with Gasteiger partial charge in [0.15, 0.2) is 0 Å². The van der Waals surface area contributed by atoms with Crippen molar-refractivity contribution in [3.05, 3.63) is 53.6 Å². The normalized spacial score (nSPS) is 19.6. The van der Waals surface area contributed by atoms with Crippen molar-refractivity contribution in [1.82, 2.24) is 0 Å². The Morgan fingerprint density at radius 1 is 0.909 bits per heavy atom. The van der Waals surface area contributed by atoms with Crippen LogP contribution in [0.4, 0.5) is 0 Å². The van der Waals surface area contributed by atoms with Gasteiger partial charge in [0.25, 0.3) is 0 Å². The van der Waals surface area contributed by atoms with Gasteiger partial charge in [-0.3, -0.25) is 0 Å². The summed E-state index contributed by atoms with van der Waals surface area (Å²) in [6, 6.07) is 14.4. The van der Waals surface area contributed by atoms with Crippen molar-refractivity contribution in [2.75, 3.05) is 14.2 Å². The maximum absolute atomic E-state index is 9.59. The summed E-state index contributed by atoms with van der Waals surface area (Å²) in [6.45, 7) is 1.38. The van der Waals surface area contributed by atoms with Crippen molar-refractivity contribution in [3.8, 4) is 11.5 Å². The van der Waals surface area contributed by atoms with E-state index >= 15 is 0 Å². The van der Waals surface area contributed by atoms with Crippen LogP contribution in [0.3, 0.4) is 0 Å². The predicted molar refractivity (Wildman–Crippen MR) is 89.6 cm³/mol. The SMILES string of the molecule is COc1cc(OC)cc(C2CC2c2ccc(B(C)O)cc2)c1. The minimum absolute atomic E-state index is 0.410. The highest BCUT2D eigenvalue weighted by atomic mass is 16.5. The molecule has 1 aliphatic rings. The number of rotatable bonds is 5. The largest absolute Gasteiger partial charge is 0.497 e. The smallest absolute Gasteiger partial charge is 0.320 e. The molecular formula is C18H21BO3. The maximum Gasteiger partial charge on any atom is 0.320 e. The van der Waals surface area contributed by atoms with E-state index < -0.39 is 6.92 Å². The van der Waals surface area contributed by atoms with E-state index in [4.69, 9.17) is 9.47 Å². The van der Waals surface area contributed by atoms with Crippen LogP contribution < -0.4 is 14.9 Å². The lowest BCUT2D eigenvalue weighted by Crippen LogP contribution is -2.25. The molecule has 0 aromatic heterocycles. The first-order chi connectivity index (χ1) is 10.6. The molecule has 114 valence electrons. The number of hydrogen-bond acceptors (Lipinski definition) is 3. The predicted octanol–water partition coefficient (Wildman–Crippen LogP) is 2.80. The molecule has 0 aliphatic heterocycles. The third kappa shape index (κ3) is 2.97. The Morgan fingerprint density at radius 3 is 1.95 bits per heavy atom. The second-order valence-electron chi connectivity index (χ2n) is 5.94. The first-order valence-electron chi connectivity index (χ1n) is 7.63. The van der Waals surface area contributed by atoms with Crippen LogP contribution >= 0.6 is 0 Å². The average molecular weight is 296 g/mol. The van der Waals surface area contributed by atoms with Gasteiger partial charge in [0.1, 0.15) is 11.5 Å². The van der Waals surface area contributed by atoms with Crippen molar-refractivity contribution in [2.45, 2.75) is 25.1 Å². The summed E-state index contributed by atoms with van der Waals surface area (Å²) < 4.78 is 10.7. The van der Waals surface area contributed by atoms with Crippen molar-refractivity contribution in [1.29, 1.82) is 0 Å². The van der Waals surface area contributed by atoms with E-state index in [0.717, 1.165) is 23.4 Å². The number of methoxy groups -OCH3 is 2. The molecule has 0 bridgehead atoms. The molecule has 4 heteroatoms. The van der Waals surface area contributed by atoms with Crippen LogP contribution in [0, 0.1) is 0 Å². The highest BCUT2D eigenvalue weighted by molar-refractivity contribution is 6.64. The highest BCUT2D eigenvalue weighted by Gasteiger charge is 2.39. The van der Waals surface area contributed by atoms with Crippen molar-refractivity contribution in [3.63, 3.8) is 0 Å². The van der Waals surface area contributed by atoms with Gasteiger partial charge < -0.3 is 14.5 Å². The van der Waals surface area contributed by atoms with Crippen LogP contribution in [0.1, 0.15) is 29.4 Å². The molecule has 1 saturated carbocycles. The Kier molecular flexibility index (Phi) is 4.12. The molecule has 0 amide bonds. The molecule has 2 atom stereocenters. The van der Waals surface area contributed by atoms with Crippen molar-refractivity contribution >= 4 is 12.4 Å². The highest BCUT2D eigenvalue weighted by Crippen LogP contribution is 2.55. The van der Waals surface area contributed by atoms with E-state index in [2.05, 4.69) is 24.3 Å². The lowest BCUT2D eigenvalue weighted by atomic mass is 9.64. The zero-order valence-electron chi connectivity index (χ0n) is 13.2. The number of hydrogen-bond donors (Lipinski definition) is 1. The van der Waals surface area contributed by atoms with Crippen LogP contribution in [-0.4, -0.2) is 26.2 Å². The van der Waals surface area contributed by atoms with Gasteiger partial charge >= 0.3 is 6.92 Å². The summed E-state index contributed by atoms with van der Waals surface area (Å²) in [5.41, 5.74) is 3.56. The topological polar surface area (TPSA) is 38.7 Å². The second kappa shape index (κ2) is 6.05. The molecule has 0 spiro atoms. The first kappa shape index (κ1) is 15.0. The first-order valence-corrected chi connectivity index (χ1v) is 7.63. The number of benzene rings is 2. The van der Waals surface area contributed by atoms with Gasteiger partial charge in [-0.15, -0.1) is 0 Å². The van der Waals surface area contributed by atoms with E-state index in [-0.39, 0.29) is 0 Å². The standard InChI is InChI=1S/C18H21BO3/c1-19(20)14-6-4-12(5-7-14)17-11-18(17)13-8-15(21-2)10-16(9-13)22-3/h4-10,17-18,20H,11H2,1-3H3. The van der Waals surface area contributed by atoms with Crippen LogP contribution in [0.2, 0.25) is 6.82 Å². The molecule has 0 saturated heterocycles. The fourth-order valence-corrected chi connectivity index (χ4v) is 3.00. The summed E-state index contributed by atoms with van der Waals surface area (Å²) in [7, 11) is 3.36. The summed E-state index contributed by atoms with van der Waals surface area (Å²) in [5, 5.41) is 9.59. The number of ether oxygens (including phenoxy) is 2. The van der Waals surface area contributed by atoms with Crippen LogP contribution in [0.5, 0.6) is 11.5 Å². The Bertz CT molecular complexity index is 630. The fraction of sp³-hybridized carbons (Fsp3) is 0.333. The summed E-state index contributed by atoms with van der Waals surface area (Å²) in [4.78, 5) is 0. The maximum atomic E-state index is 9.59. The van der Waals surface area contributed by atoms with Crippen LogP contribution in [-0.2, 0) is 0 Å². The third-order valence-electron chi connectivity index (χ3n) is 4.44. The molecule has 2 unspecified atom stereocenters. The Labute approximate surface area is 132 Å². The van der Waals surface area contributed by atoms with Gasteiger partial charge in [-0.1, -0.05) is 31.1 Å². The second-order valence-corrected chi connectivity index (χ2v) is 5.94. The lowest BCUT2D eigenvalue weighted by molar-refractivity contribution is 0.393. The van der Waals surface area contributed by atoms with E-state index in [1.807, 2.05) is 18.2 Å². The Hall–Kier alpha value is -1.94. The minimum Gasteiger partial charge on any atom is -0.497 e. The summed E-state index contributed by atoms with van der Waals surface area (Å²) in [6.07, 6.45) is 1.14. The van der Waals surface area contributed by atoms with Crippen molar-refractivity contribution < 1.29 is 14.5 Å².